The van der Waals surface area contributed by atoms with Crippen LogP contribution in [0.15, 0.2) is 53.6 Å². The van der Waals surface area contributed by atoms with Crippen molar-refractivity contribution in [1.29, 1.82) is 0 Å². The summed E-state index contributed by atoms with van der Waals surface area (Å²) < 4.78 is 32.4. The van der Waals surface area contributed by atoms with Crippen LogP contribution >= 0.6 is 0 Å². The Kier molecular flexibility index (Phi) is 5.39. The number of nitrogens with two attached hydrogens (primary N) is 2. The van der Waals surface area contributed by atoms with E-state index < -0.39 is 21.6 Å². The molecule has 2 bridgehead atoms. The first kappa shape index (κ1) is 21.8. The van der Waals surface area contributed by atoms with Crippen molar-refractivity contribution < 1.29 is 18.1 Å². The molecule has 2 heterocycles. The average Bonchev–Trinajstić information content (AvgIpc) is 2.73. The molecule has 1 aliphatic heterocycles. The van der Waals surface area contributed by atoms with Crippen LogP contribution in [0, 0.1) is 5.82 Å². The quantitative estimate of drug-likeness (QED) is 0.549. The molecule has 1 aliphatic rings. The van der Waals surface area contributed by atoms with Crippen LogP contribution in [-0.4, -0.2) is 32.9 Å². The van der Waals surface area contributed by atoms with Crippen molar-refractivity contribution in [2.24, 2.45) is 5.14 Å². The number of hydrogen-bond donors (Lipinski definition) is 2. The van der Waals surface area contributed by atoms with Gasteiger partial charge in [-0.1, -0.05) is 6.07 Å². The van der Waals surface area contributed by atoms with E-state index in [9.17, 15) is 13.4 Å². The van der Waals surface area contributed by atoms with Crippen molar-refractivity contribution in [3.05, 3.63) is 71.2 Å². The van der Waals surface area contributed by atoms with Gasteiger partial charge in [-0.15, -0.1) is 0 Å². The van der Waals surface area contributed by atoms with E-state index in [1.165, 1.54) is 23.1 Å². The van der Waals surface area contributed by atoms with Gasteiger partial charge >= 0.3 is 0 Å². The minimum absolute atomic E-state index is 0.150. The highest BCUT2D eigenvalue weighted by atomic mass is 32.2. The average molecular weight is 455 g/mol. The predicted octanol–water partition coefficient (Wildman–Crippen LogP) is 3.14. The molecule has 166 valence electrons. The fourth-order valence-corrected chi connectivity index (χ4v) is 4.34. The maximum atomic E-state index is 14.0. The van der Waals surface area contributed by atoms with Gasteiger partial charge in [0.15, 0.2) is 11.6 Å². The van der Waals surface area contributed by atoms with Gasteiger partial charge < -0.3 is 15.4 Å². The van der Waals surface area contributed by atoms with E-state index in [4.69, 9.17) is 15.6 Å². The van der Waals surface area contributed by atoms with Crippen LogP contribution in [0.4, 0.5) is 10.2 Å². The third-order valence-electron chi connectivity index (χ3n) is 5.41. The molecule has 3 aromatic rings. The SMILES string of the molecule is C=S(N)(=O)c1ccc2c(c1)-c1cnc(N)c(c1)OC(C)c1cc(F)ccc1C(=O)N(C)C2. The van der Waals surface area contributed by atoms with Crippen molar-refractivity contribution in [2.75, 3.05) is 12.8 Å². The van der Waals surface area contributed by atoms with E-state index in [1.807, 2.05) is 0 Å². The maximum Gasteiger partial charge on any atom is 0.254 e. The van der Waals surface area contributed by atoms with E-state index in [1.54, 1.807) is 44.4 Å². The molecule has 0 saturated carbocycles. The number of pyridine rings is 1. The van der Waals surface area contributed by atoms with E-state index in [2.05, 4.69) is 10.9 Å². The van der Waals surface area contributed by atoms with Gasteiger partial charge in [0.2, 0.25) is 0 Å². The Labute approximate surface area is 186 Å². The third kappa shape index (κ3) is 4.04. The summed E-state index contributed by atoms with van der Waals surface area (Å²) in [6, 6.07) is 10.8. The number of carbonyl (C=O) groups excluding carboxylic acids is 1. The van der Waals surface area contributed by atoms with Crippen molar-refractivity contribution in [3.8, 4) is 16.9 Å². The van der Waals surface area contributed by atoms with Crippen molar-refractivity contribution in [3.63, 3.8) is 0 Å². The van der Waals surface area contributed by atoms with E-state index in [0.717, 1.165) is 5.56 Å². The lowest BCUT2D eigenvalue weighted by molar-refractivity contribution is 0.0780. The molecule has 1 amide bonds. The topological polar surface area (TPSA) is 112 Å². The zero-order chi connectivity index (χ0) is 23.2. The summed E-state index contributed by atoms with van der Waals surface area (Å²) in [6.07, 6.45) is 0.892. The predicted molar refractivity (Wildman–Crippen MR) is 123 cm³/mol. The Balaban J connectivity index is 1.96. The molecule has 0 aliphatic carbocycles. The van der Waals surface area contributed by atoms with Crippen LogP contribution in [0.25, 0.3) is 11.1 Å². The van der Waals surface area contributed by atoms with Crippen LogP contribution < -0.4 is 15.6 Å². The highest BCUT2D eigenvalue weighted by Crippen LogP contribution is 2.35. The summed E-state index contributed by atoms with van der Waals surface area (Å²) in [7, 11) is -1.30. The normalized spacial score (nSPS) is 17.8. The second-order valence-corrected chi connectivity index (χ2v) is 9.73. The number of carbonyl (C=O) groups is 1. The highest BCUT2D eigenvalue weighted by molar-refractivity contribution is 7.98. The first-order valence-corrected chi connectivity index (χ1v) is 11.6. The van der Waals surface area contributed by atoms with Gasteiger partial charge in [0, 0.05) is 41.4 Å². The maximum absolute atomic E-state index is 14.0. The monoisotopic (exact) mass is 454 g/mol. The number of nitrogen functional groups attached to an aromatic ring is 1. The second-order valence-electron chi connectivity index (χ2n) is 7.81. The Morgan fingerprint density at radius 2 is 1.97 bits per heavy atom. The molecular weight excluding hydrogens is 431 g/mol. The summed E-state index contributed by atoms with van der Waals surface area (Å²) in [4.78, 5) is 19.4. The molecule has 2 unspecified atom stereocenters. The number of aromatic nitrogens is 1. The van der Waals surface area contributed by atoms with Crippen LogP contribution in [0.3, 0.4) is 0 Å². The zero-order valence-corrected chi connectivity index (χ0v) is 18.5. The summed E-state index contributed by atoms with van der Waals surface area (Å²) in [5, 5.41) is 5.76. The molecule has 2 aromatic carbocycles. The number of rotatable bonds is 1. The highest BCUT2D eigenvalue weighted by Gasteiger charge is 2.24. The van der Waals surface area contributed by atoms with Crippen LogP contribution in [0.2, 0.25) is 0 Å². The second kappa shape index (κ2) is 7.92. The van der Waals surface area contributed by atoms with Crippen molar-refractivity contribution in [1.82, 2.24) is 9.88 Å². The Hall–Kier alpha value is -3.43. The first-order valence-electron chi connectivity index (χ1n) is 9.80. The molecular formula is C23H23FN4O3S. The molecule has 4 rings (SSSR count). The number of anilines is 1. The number of nitrogens with zero attached hydrogens (tertiary/aromatic N) is 2. The van der Waals surface area contributed by atoms with Gasteiger partial charge in [0.1, 0.15) is 11.9 Å². The summed E-state index contributed by atoms with van der Waals surface area (Å²) in [6.45, 7) is 1.95. The Morgan fingerprint density at radius 3 is 2.69 bits per heavy atom. The lowest BCUT2D eigenvalue weighted by atomic mass is 9.98. The van der Waals surface area contributed by atoms with Crippen molar-refractivity contribution in [2.45, 2.75) is 24.5 Å². The fraction of sp³-hybridized carbons (Fsp3) is 0.174. The lowest BCUT2D eigenvalue weighted by Crippen LogP contribution is -2.28. The van der Waals surface area contributed by atoms with Gasteiger partial charge in [-0.2, -0.15) is 0 Å². The number of hydrogen-bond acceptors (Lipinski definition) is 5. The van der Waals surface area contributed by atoms with E-state index in [-0.39, 0.29) is 24.0 Å². The number of fused-ring (bicyclic) bond motifs is 5. The Morgan fingerprint density at radius 1 is 1.22 bits per heavy atom. The van der Waals surface area contributed by atoms with Crippen molar-refractivity contribution >= 4 is 27.3 Å². The van der Waals surface area contributed by atoms with E-state index >= 15 is 0 Å². The molecule has 7 nitrogen and oxygen atoms in total. The first-order chi connectivity index (χ1) is 15.0. The zero-order valence-electron chi connectivity index (χ0n) is 17.7. The van der Waals surface area contributed by atoms with Gasteiger partial charge in [-0.25, -0.2) is 13.6 Å². The van der Waals surface area contributed by atoms with Gasteiger partial charge in [-0.3, -0.25) is 9.93 Å². The number of benzene rings is 2. The molecule has 4 N–H and O–H groups in total. The summed E-state index contributed by atoms with van der Waals surface area (Å²) in [5.74, 6) is 3.22. The smallest absolute Gasteiger partial charge is 0.254 e. The van der Waals surface area contributed by atoms with Crippen LogP contribution in [-0.2, 0) is 16.3 Å². The van der Waals surface area contributed by atoms with Crippen LogP contribution in [0.1, 0.15) is 34.5 Å². The third-order valence-corrected chi connectivity index (χ3v) is 6.46. The number of halogens is 1. The van der Waals surface area contributed by atoms with Gasteiger partial charge in [-0.05, 0) is 60.3 Å². The minimum Gasteiger partial charge on any atom is -0.482 e. The lowest BCUT2D eigenvalue weighted by Gasteiger charge is -2.25. The largest absolute Gasteiger partial charge is 0.482 e. The standard InChI is InChI=1S/C23H23FN4O3S/c1-13-19-9-16(24)5-7-18(19)23(29)28(2)12-14-4-6-17(32(3,26)30)10-20(14)15-8-21(31-13)22(25)27-11-15/h4-11,13H,3,12H2,1-2H3,(H2,25,27)(H2,26,30). The number of ether oxygens (including phenoxy) is 1. The molecule has 1 aromatic heterocycles. The molecule has 0 fully saturated rings. The molecule has 0 spiro atoms. The molecule has 0 saturated heterocycles. The summed E-state index contributed by atoms with van der Waals surface area (Å²) in [5.41, 5.74) is 8.85. The molecule has 9 heteroatoms. The van der Waals surface area contributed by atoms with Crippen LogP contribution in [0.5, 0.6) is 5.75 Å². The molecule has 2 atom stereocenters. The number of amides is 1. The molecule has 0 radical (unpaired) electrons. The van der Waals surface area contributed by atoms with E-state index in [0.29, 0.717) is 27.1 Å². The molecule has 32 heavy (non-hydrogen) atoms. The van der Waals surface area contributed by atoms with Gasteiger partial charge in [0.05, 0.1) is 9.71 Å². The Bertz CT molecular complexity index is 1340. The van der Waals surface area contributed by atoms with Gasteiger partial charge in [0.25, 0.3) is 5.91 Å². The summed E-state index contributed by atoms with van der Waals surface area (Å²) >= 11 is 0. The fourth-order valence-electron chi connectivity index (χ4n) is 3.73. The minimum atomic E-state index is -2.96.